The van der Waals surface area contributed by atoms with Crippen molar-refractivity contribution < 1.29 is 9.90 Å². The summed E-state index contributed by atoms with van der Waals surface area (Å²) >= 11 is 0. The van der Waals surface area contributed by atoms with Gasteiger partial charge in [-0.2, -0.15) is 5.26 Å². The van der Waals surface area contributed by atoms with Gasteiger partial charge in [-0.05, 0) is 18.2 Å². The zero-order valence-corrected chi connectivity index (χ0v) is 7.93. The Morgan fingerprint density at radius 3 is 2.93 bits per heavy atom. The Bertz CT molecular complexity index is 592. The molecule has 2 rings (SSSR count). The molecule has 74 valence electrons. The van der Waals surface area contributed by atoms with Crippen LogP contribution in [-0.2, 0) is 7.05 Å². The van der Waals surface area contributed by atoms with Crippen molar-refractivity contribution in [1.82, 2.24) is 9.55 Å². The fraction of sp³-hybridized carbons (Fsp3) is 0.100. The van der Waals surface area contributed by atoms with Crippen LogP contribution in [0.4, 0.5) is 0 Å². The molecule has 0 saturated heterocycles. The predicted molar refractivity (Wildman–Crippen MR) is 52.4 cm³/mol. The molecule has 0 spiro atoms. The summed E-state index contributed by atoms with van der Waals surface area (Å²) < 4.78 is 1.46. The molecule has 0 aliphatic carbocycles. The van der Waals surface area contributed by atoms with E-state index in [2.05, 4.69) is 4.98 Å². The quantitative estimate of drug-likeness (QED) is 0.750. The normalized spacial score (nSPS) is 10.1. The summed E-state index contributed by atoms with van der Waals surface area (Å²) in [5, 5.41) is 17.6. The minimum absolute atomic E-state index is 0.0277. The van der Waals surface area contributed by atoms with E-state index in [0.29, 0.717) is 16.6 Å². The fourth-order valence-corrected chi connectivity index (χ4v) is 1.45. The smallest absolute Gasteiger partial charge is 0.372 e. The Hall–Kier alpha value is -2.35. The van der Waals surface area contributed by atoms with Crippen molar-refractivity contribution in [2.75, 3.05) is 0 Å². The number of nitrogens with zero attached hydrogens (tertiary/aromatic N) is 3. The Morgan fingerprint density at radius 1 is 1.60 bits per heavy atom. The molecule has 0 fully saturated rings. The van der Waals surface area contributed by atoms with E-state index in [-0.39, 0.29) is 5.82 Å². The fourth-order valence-electron chi connectivity index (χ4n) is 1.45. The maximum atomic E-state index is 10.8. The predicted octanol–water partition coefficient (Wildman–Crippen LogP) is 1.14. The molecule has 1 heterocycles. The molecule has 0 unspecified atom stereocenters. The third-order valence-corrected chi connectivity index (χ3v) is 2.20. The Kier molecular flexibility index (Phi) is 1.90. The van der Waals surface area contributed by atoms with E-state index in [4.69, 9.17) is 10.4 Å². The van der Waals surface area contributed by atoms with Crippen molar-refractivity contribution in [3.05, 3.63) is 29.6 Å². The van der Waals surface area contributed by atoms with Crippen LogP contribution >= 0.6 is 0 Å². The zero-order valence-electron chi connectivity index (χ0n) is 7.93. The van der Waals surface area contributed by atoms with Crippen molar-refractivity contribution in [3.63, 3.8) is 0 Å². The van der Waals surface area contributed by atoms with Gasteiger partial charge >= 0.3 is 5.97 Å². The number of nitriles is 1. The van der Waals surface area contributed by atoms with Gasteiger partial charge in [-0.3, -0.25) is 0 Å². The second-order valence-electron chi connectivity index (χ2n) is 3.11. The Morgan fingerprint density at radius 2 is 2.33 bits per heavy atom. The van der Waals surface area contributed by atoms with E-state index >= 15 is 0 Å². The van der Waals surface area contributed by atoms with Crippen molar-refractivity contribution in [3.8, 4) is 6.07 Å². The molecule has 0 radical (unpaired) electrons. The van der Waals surface area contributed by atoms with Gasteiger partial charge in [0.25, 0.3) is 0 Å². The monoisotopic (exact) mass is 201 g/mol. The number of carboxylic acids is 1. The molecule has 1 N–H and O–H groups in total. The summed E-state index contributed by atoms with van der Waals surface area (Å²) in [6, 6.07) is 6.87. The van der Waals surface area contributed by atoms with Gasteiger partial charge in [0.15, 0.2) is 0 Å². The van der Waals surface area contributed by atoms with Crippen molar-refractivity contribution in [1.29, 1.82) is 5.26 Å². The van der Waals surface area contributed by atoms with Crippen molar-refractivity contribution in [2.45, 2.75) is 0 Å². The SMILES string of the molecule is Cn1c(C(=O)O)nc2ccc(C#N)cc21. The Balaban J connectivity index is 2.79. The van der Waals surface area contributed by atoms with E-state index in [0.717, 1.165) is 0 Å². The first kappa shape index (κ1) is 9.21. The van der Waals surface area contributed by atoms with Crippen LogP contribution < -0.4 is 0 Å². The highest BCUT2D eigenvalue weighted by atomic mass is 16.4. The molecule has 1 aromatic carbocycles. The lowest BCUT2D eigenvalue weighted by Gasteiger charge is -1.96. The minimum Gasteiger partial charge on any atom is -0.475 e. The van der Waals surface area contributed by atoms with Gasteiger partial charge in [-0.1, -0.05) is 0 Å². The highest BCUT2D eigenvalue weighted by molar-refractivity contribution is 5.90. The second kappa shape index (κ2) is 3.10. The Labute approximate surface area is 85.2 Å². The summed E-state index contributed by atoms with van der Waals surface area (Å²) in [4.78, 5) is 14.7. The molecule has 5 heteroatoms. The third kappa shape index (κ3) is 1.32. The van der Waals surface area contributed by atoms with Crippen LogP contribution in [-0.4, -0.2) is 20.6 Å². The summed E-state index contributed by atoms with van der Waals surface area (Å²) in [7, 11) is 1.61. The number of carboxylic acid groups (broad SMARTS) is 1. The van der Waals surface area contributed by atoms with Crippen LogP contribution in [0, 0.1) is 11.3 Å². The van der Waals surface area contributed by atoms with E-state index in [1.165, 1.54) is 4.57 Å². The lowest BCUT2D eigenvalue weighted by molar-refractivity contribution is 0.0680. The molecular weight excluding hydrogens is 194 g/mol. The number of aromatic carboxylic acids is 1. The molecule has 0 saturated carbocycles. The van der Waals surface area contributed by atoms with Crippen LogP contribution in [0.2, 0.25) is 0 Å². The highest BCUT2D eigenvalue weighted by Gasteiger charge is 2.13. The molecular formula is C10H7N3O2. The minimum atomic E-state index is -1.08. The first-order valence-electron chi connectivity index (χ1n) is 4.23. The van der Waals surface area contributed by atoms with Crippen LogP contribution in [0.3, 0.4) is 0 Å². The molecule has 2 aromatic rings. The molecule has 15 heavy (non-hydrogen) atoms. The molecule has 0 amide bonds. The van der Waals surface area contributed by atoms with Gasteiger partial charge < -0.3 is 9.67 Å². The number of rotatable bonds is 1. The van der Waals surface area contributed by atoms with Crippen molar-refractivity contribution in [2.24, 2.45) is 7.05 Å². The maximum absolute atomic E-state index is 10.8. The van der Waals surface area contributed by atoms with Crippen LogP contribution in [0.1, 0.15) is 16.2 Å². The summed E-state index contributed by atoms with van der Waals surface area (Å²) in [5.74, 6) is -1.10. The van der Waals surface area contributed by atoms with Crippen LogP contribution in [0.25, 0.3) is 11.0 Å². The van der Waals surface area contributed by atoms with Crippen LogP contribution in [0.15, 0.2) is 18.2 Å². The lowest BCUT2D eigenvalue weighted by Crippen LogP contribution is -2.05. The van der Waals surface area contributed by atoms with E-state index in [1.807, 2.05) is 6.07 Å². The number of imidazole rings is 1. The molecule has 0 aliphatic rings. The summed E-state index contributed by atoms with van der Waals surface area (Å²) in [5.41, 5.74) is 1.71. The van der Waals surface area contributed by atoms with Gasteiger partial charge in [-0.15, -0.1) is 0 Å². The van der Waals surface area contributed by atoms with E-state index < -0.39 is 5.97 Å². The second-order valence-corrected chi connectivity index (χ2v) is 3.11. The number of fused-ring (bicyclic) bond motifs is 1. The summed E-state index contributed by atoms with van der Waals surface area (Å²) in [6.45, 7) is 0. The average molecular weight is 201 g/mol. The largest absolute Gasteiger partial charge is 0.475 e. The molecule has 0 atom stereocenters. The number of aromatic nitrogens is 2. The lowest BCUT2D eigenvalue weighted by atomic mass is 10.2. The number of carbonyl (C=O) groups is 1. The van der Waals surface area contributed by atoms with Gasteiger partial charge in [0.05, 0.1) is 22.7 Å². The van der Waals surface area contributed by atoms with Crippen LogP contribution in [0.5, 0.6) is 0 Å². The molecule has 1 aromatic heterocycles. The molecule has 0 aliphatic heterocycles. The number of hydrogen-bond acceptors (Lipinski definition) is 3. The zero-order chi connectivity index (χ0) is 11.0. The van der Waals surface area contributed by atoms with Crippen molar-refractivity contribution >= 4 is 17.0 Å². The van der Waals surface area contributed by atoms with Gasteiger partial charge in [0.1, 0.15) is 0 Å². The molecule has 5 nitrogen and oxygen atoms in total. The first-order valence-corrected chi connectivity index (χ1v) is 4.23. The first-order chi connectivity index (χ1) is 7.13. The van der Waals surface area contributed by atoms with E-state index in [9.17, 15) is 4.79 Å². The van der Waals surface area contributed by atoms with Gasteiger partial charge in [-0.25, -0.2) is 9.78 Å². The van der Waals surface area contributed by atoms with Gasteiger partial charge in [0.2, 0.25) is 5.82 Å². The van der Waals surface area contributed by atoms with E-state index in [1.54, 1.807) is 25.2 Å². The average Bonchev–Trinajstić information content (AvgIpc) is 2.56. The topological polar surface area (TPSA) is 78.9 Å². The number of benzene rings is 1. The number of hydrogen-bond donors (Lipinski definition) is 1. The third-order valence-electron chi connectivity index (χ3n) is 2.20. The number of aryl methyl sites for hydroxylation is 1. The standard InChI is InChI=1S/C10H7N3O2/c1-13-8-4-6(5-11)2-3-7(8)12-9(13)10(14)15/h2-4H,1H3,(H,14,15). The highest BCUT2D eigenvalue weighted by Crippen LogP contribution is 2.16. The summed E-state index contributed by atoms with van der Waals surface area (Å²) in [6.07, 6.45) is 0. The maximum Gasteiger partial charge on any atom is 0.372 e. The van der Waals surface area contributed by atoms with Gasteiger partial charge in [0, 0.05) is 7.05 Å². The molecule has 0 bridgehead atoms.